The van der Waals surface area contributed by atoms with Crippen molar-refractivity contribution in [2.75, 3.05) is 7.11 Å². The van der Waals surface area contributed by atoms with Crippen molar-refractivity contribution in [3.63, 3.8) is 0 Å². The number of hydrogen-bond acceptors (Lipinski definition) is 6. The van der Waals surface area contributed by atoms with Crippen LogP contribution in [0.3, 0.4) is 0 Å². The molecule has 180 valence electrons. The average molecular weight is 481 g/mol. The molecule has 1 aromatic heterocycles. The zero-order valence-electron chi connectivity index (χ0n) is 19.9. The quantitative estimate of drug-likeness (QED) is 0.416. The van der Waals surface area contributed by atoms with E-state index in [2.05, 4.69) is 15.5 Å². The van der Waals surface area contributed by atoms with Crippen LogP contribution in [0.1, 0.15) is 57.9 Å². The van der Waals surface area contributed by atoms with Crippen molar-refractivity contribution in [3.8, 4) is 17.2 Å². The molecule has 1 N–H and O–H groups in total. The Bertz CT molecular complexity index is 1080. The lowest BCUT2D eigenvalue weighted by Gasteiger charge is -2.24. The van der Waals surface area contributed by atoms with Gasteiger partial charge in [0.1, 0.15) is 11.5 Å². The number of carbonyl (C=O) groups excluding carboxylic acids is 1. The lowest BCUT2D eigenvalue weighted by atomic mass is 9.95. The summed E-state index contributed by atoms with van der Waals surface area (Å²) in [6, 6.07) is 17.7. The summed E-state index contributed by atoms with van der Waals surface area (Å²) in [4.78, 5) is 12.9. The van der Waals surface area contributed by atoms with Crippen molar-refractivity contribution < 1.29 is 14.3 Å². The highest BCUT2D eigenvalue weighted by Crippen LogP contribution is 2.31. The number of carbonyl (C=O) groups is 1. The van der Waals surface area contributed by atoms with Gasteiger partial charge < -0.3 is 14.8 Å². The molecule has 34 heavy (non-hydrogen) atoms. The predicted octanol–water partition coefficient (Wildman–Crippen LogP) is 5.35. The summed E-state index contributed by atoms with van der Waals surface area (Å²) in [6.45, 7) is 3.86. The first-order chi connectivity index (χ1) is 16.5. The smallest absolute Gasteiger partial charge is 0.233 e. The van der Waals surface area contributed by atoms with Gasteiger partial charge in [0.15, 0.2) is 17.1 Å². The maximum Gasteiger partial charge on any atom is 0.233 e. The van der Waals surface area contributed by atoms with Gasteiger partial charge in [-0.05, 0) is 51.0 Å². The molecule has 1 heterocycles. The lowest BCUT2D eigenvalue weighted by Crippen LogP contribution is -2.40. The number of hydrogen-bond donors (Lipinski definition) is 1. The van der Waals surface area contributed by atoms with Crippen LogP contribution in [0.4, 0.5) is 0 Å². The van der Waals surface area contributed by atoms with Gasteiger partial charge >= 0.3 is 0 Å². The molecule has 0 bridgehead atoms. The number of methoxy groups -OCH3 is 1. The van der Waals surface area contributed by atoms with E-state index >= 15 is 0 Å². The van der Waals surface area contributed by atoms with E-state index in [4.69, 9.17) is 9.47 Å². The highest BCUT2D eigenvalue weighted by atomic mass is 32.2. The third-order valence-corrected chi connectivity index (χ3v) is 7.04. The van der Waals surface area contributed by atoms with Crippen LogP contribution in [0.5, 0.6) is 11.5 Å². The molecule has 8 heteroatoms. The Morgan fingerprint density at radius 2 is 1.76 bits per heavy atom. The van der Waals surface area contributed by atoms with E-state index in [1.165, 1.54) is 31.0 Å². The number of ether oxygens (including phenoxy) is 2. The Kier molecular flexibility index (Phi) is 8.11. The first-order valence-corrected chi connectivity index (χ1v) is 12.7. The fourth-order valence-corrected chi connectivity index (χ4v) is 5.03. The van der Waals surface area contributed by atoms with E-state index in [1.54, 1.807) is 7.11 Å². The molecule has 0 radical (unpaired) electrons. The maximum atomic E-state index is 12.9. The van der Waals surface area contributed by atoms with Crippen molar-refractivity contribution in [1.82, 2.24) is 20.1 Å². The summed E-state index contributed by atoms with van der Waals surface area (Å²) < 4.78 is 13.5. The number of nitrogens with one attached hydrogen (secondary N) is 1. The van der Waals surface area contributed by atoms with Crippen molar-refractivity contribution in [3.05, 3.63) is 60.4 Å². The largest absolute Gasteiger partial charge is 0.497 e. The van der Waals surface area contributed by atoms with Gasteiger partial charge in [-0.2, -0.15) is 0 Å². The Balaban J connectivity index is 1.55. The molecule has 1 amide bonds. The van der Waals surface area contributed by atoms with Crippen molar-refractivity contribution in [2.45, 2.75) is 68.5 Å². The number of para-hydroxylation sites is 1. The number of nitrogens with zero attached hydrogens (tertiary/aromatic N) is 3. The first kappa shape index (κ1) is 24.1. The summed E-state index contributed by atoms with van der Waals surface area (Å²) in [5, 5.41) is 12.5. The first-order valence-electron chi connectivity index (χ1n) is 11.8. The topological polar surface area (TPSA) is 78.3 Å². The van der Waals surface area contributed by atoms with Gasteiger partial charge in [0, 0.05) is 17.8 Å². The van der Waals surface area contributed by atoms with Crippen LogP contribution in [0, 0.1) is 0 Å². The standard InChI is InChI=1S/C26H32N4O3S/c1-18(33-23-16-10-15-22(17-23)32-3)24-28-29-26(30(24)21-13-8-5-9-14-21)34-19(2)25(31)27-20-11-6-4-7-12-20/h5,8-10,13-20H,4,6-7,11-12H2,1-3H3,(H,27,31). The minimum Gasteiger partial charge on any atom is -0.497 e. The van der Waals surface area contributed by atoms with E-state index in [-0.39, 0.29) is 23.3 Å². The monoisotopic (exact) mass is 480 g/mol. The SMILES string of the molecule is COc1cccc(OC(C)c2nnc(SC(C)C(=O)NC3CCCCC3)n2-c2ccccc2)c1. The molecule has 3 aromatic rings. The second-order valence-electron chi connectivity index (χ2n) is 8.55. The molecule has 1 fully saturated rings. The van der Waals surface area contributed by atoms with E-state index in [0.717, 1.165) is 24.3 Å². The lowest BCUT2D eigenvalue weighted by molar-refractivity contribution is -0.121. The molecule has 0 spiro atoms. The molecule has 4 rings (SSSR count). The van der Waals surface area contributed by atoms with Gasteiger partial charge in [0.25, 0.3) is 0 Å². The molecule has 2 aromatic carbocycles. The van der Waals surface area contributed by atoms with Gasteiger partial charge in [-0.3, -0.25) is 9.36 Å². The Hall–Kier alpha value is -3.00. The molecule has 0 saturated heterocycles. The minimum atomic E-state index is -0.375. The van der Waals surface area contributed by atoms with Crippen LogP contribution in [-0.4, -0.2) is 39.1 Å². The van der Waals surface area contributed by atoms with Crippen molar-refractivity contribution in [2.24, 2.45) is 0 Å². The van der Waals surface area contributed by atoms with Crippen LogP contribution >= 0.6 is 11.8 Å². The second kappa shape index (κ2) is 11.4. The summed E-state index contributed by atoms with van der Waals surface area (Å²) in [7, 11) is 1.63. The van der Waals surface area contributed by atoms with Gasteiger partial charge in [0.05, 0.1) is 12.4 Å². The molecular weight excluding hydrogens is 448 g/mol. The zero-order chi connectivity index (χ0) is 23.9. The number of aromatic nitrogens is 3. The summed E-state index contributed by atoms with van der Waals surface area (Å²) in [5.41, 5.74) is 0.922. The summed E-state index contributed by atoms with van der Waals surface area (Å²) >= 11 is 1.41. The summed E-state index contributed by atoms with van der Waals surface area (Å²) in [6.07, 6.45) is 5.38. The van der Waals surface area contributed by atoms with Crippen LogP contribution in [0.2, 0.25) is 0 Å². The van der Waals surface area contributed by atoms with E-state index in [9.17, 15) is 4.79 Å². The Labute approximate surface area is 205 Å². The normalized spacial score (nSPS) is 16.0. The number of amides is 1. The molecule has 1 aliphatic carbocycles. The molecular formula is C26H32N4O3S. The maximum absolute atomic E-state index is 12.9. The number of benzene rings is 2. The van der Waals surface area contributed by atoms with Gasteiger partial charge in [-0.25, -0.2) is 0 Å². The molecule has 1 aliphatic rings. The highest BCUT2D eigenvalue weighted by Gasteiger charge is 2.26. The summed E-state index contributed by atoms with van der Waals surface area (Å²) in [5.74, 6) is 2.12. The predicted molar refractivity (Wildman–Crippen MR) is 134 cm³/mol. The third kappa shape index (κ3) is 5.91. The van der Waals surface area contributed by atoms with Crippen LogP contribution < -0.4 is 14.8 Å². The Morgan fingerprint density at radius 1 is 1.03 bits per heavy atom. The van der Waals surface area contributed by atoms with Gasteiger partial charge in [-0.1, -0.05) is 55.3 Å². The fourth-order valence-electron chi connectivity index (χ4n) is 4.15. The van der Waals surface area contributed by atoms with E-state index in [0.29, 0.717) is 16.7 Å². The highest BCUT2D eigenvalue weighted by molar-refractivity contribution is 8.00. The van der Waals surface area contributed by atoms with Crippen molar-refractivity contribution >= 4 is 17.7 Å². The fraction of sp³-hybridized carbons (Fsp3) is 0.423. The molecule has 1 saturated carbocycles. The zero-order valence-corrected chi connectivity index (χ0v) is 20.8. The molecule has 0 aliphatic heterocycles. The Morgan fingerprint density at radius 3 is 2.50 bits per heavy atom. The van der Waals surface area contributed by atoms with Crippen LogP contribution in [0.15, 0.2) is 59.8 Å². The van der Waals surface area contributed by atoms with E-state index in [1.807, 2.05) is 73.0 Å². The van der Waals surface area contributed by atoms with Gasteiger partial charge in [0.2, 0.25) is 5.91 Å². The second-order valence-corrected chi connectivity index (χ2v) is 9.86. The van der Waals surface area contributed by atoms with Crippen LogP contribution in [-0.2, 0) is 4.79 Å². The minimum absolute atomic E-state index is 0.0433. The molecule has 2 unspecified atom stereocenters. The van der Waals surface area contributed by atoms with Crippen LogP contribution in [0.25, 0.3) is 5.69 Å². The number of thioether (sulfide) groups is 1. The van der Waals surface area contributed by atoms with E-state index < -0.39 is 0 Å². The molecule has 2 atom stereocenters. The number of rotatable bonds is 9. The molecule has 7 nitrogen and oxygen atoms in total. The van der Waals surface area contributed by atoms with Crippen molar-refractivity contribution in [1.29, 1.82) is 0 Å². The third-order valence-electron chi connectivity index (χ3n) is 5.99. The average Bonchev–Trinajstić information content (AvgIpc) is 3.29. The van der Waals surface area contributed by atoms with Gasteiger partial charge in [-0.15, -0.1) is 10.2 Å².